The van der Waals surface area contributed by atoms with Gasteiger partial charge in [-0.15, -0.1) is 0 Å². The van der Waals surface area contributed by atoms with Gasteiger partial charge in [0.15, 0.2) is 0 Å². The van der Waals surface area contributed by atoms with Gasteiger partial charge in [-0.3, -0.25) is 5.10 Å². The average Bonchev–Trinajstić information content (AvgIpc) is 2.74. The van der Waals surface area contributed by atoms with E-state index in [2.05, 4.69) is 21.6 Å². The number of fused-ring (bicyclic) bond motifs is 1. The lowest BCUT2D eigenvalue weighted by Crippen LogP contribution is -2.20. The Morgan fingerprint density at radius 1 is 1.13 bits per heavy atom. The van der Waals surface area contributed by atoms with Crippen molar-refractivity contribution in [2.75, 3.05) is 13.1 Å². The molecule has 0 radical (unpaired) electrons. The molecule has 0 aromatic carbocycles. The third kappa shape index (κ3) is 1.61. The molecule has 2 N–H and O–H groups in total. The molecule has 2 heterocycles. The highest BCUT2D eigenvalue weighted by molar-refractivity contribution is 5.67. The molecular weight excluding hydrogens is 186 g/mol. The molecule has 1 aliphatic carbocycles. The van der Waals surface area contributed by atoms with Crippen molar-refractivity contribution < 1.29 is 0 Å². The van der Waals surface area contributed by atoms with Gasteiger partial charge in [-0.25, -0.2) is 0 Å². The second-order valence-corrected chi connectivity index (χ2v) is 4.42. The van der Waals surface area contributed by atoms with Crippen molar-refractivity contribution in [2.45, 2.75) is 32.1 Å². The summed E-state index contributed by atoms with van der Waals surface area (Å²) in [5.41, 5.74) is 5.57. The van der Waals surface area contributed by atoms with Gasteiger partial charge in [0.2, 0.25) is 0 Å². The second-order valence-electron chi connectivity index (χ2n) is 4.42. The standard InChI is InChI=1S/C12H17N3/c1-2-4-11-10(3-1)12(15-14-11)9-5-7-13-8-6-9/h5,13H,1-4,6-8H2,(H,14,15). The van der Waals surface area contributed by atoms with Gasteiger partial charge in [0.25, 0.3) is 0 Å². The predicted molar refractivity (Wildman–Crippen MR) is 60.7 cm³/mol. The predicted octanol–water partition coefficient (Wildman–Crippen LogP) is 1.67. The summed E-state index contributed by atoms with van der Waals surface area (Å²) < 4.78 is 0. The van der Waals surface area contributed by atoms with Gasteiger partial charge in [0, 0.05) is 17.8 Å². The lowest BCUT2D eigenvalue weighted by atomic mass is 9.92. The minimum atomic E-state index is 0.997. The van der Waals surface area contributed by atoms with Crippen LogP contribution in [0.1, 0.15) is 36.2 Å². The summed E-state index contributed by atoms with van der Waals surface area (Å²) in [5.74, 6) is 0. The third-order valence-electron chi connectivity index (χ3n) is 3.42. The molecule has 80 valence electrons. The van der Waals surface area contributed by atoms with Gasteiger partial charge in [0.1, 0.15) is 0 Å². The fraction of sp³-hybridized carbons (Fsp3) is 0.583. The van der Waals surface area contributed by atoms with Crippen LogP contribution in [0.15, 0.2) is 6.08 Å². The Morgan fingerprint density at radius 2 is 2.07 bits per heavy atom. The Labute approximate surface area is 90.0 Å². The number of rotatable bonds is 1. The fourth-order valence-electron chi connectivity index (χ4n) is 2.58. The quantitative estimate of drug-likeness (QED) is 0.729. The molecule has 0 bridgehead atoms. The maximum absolute atomic E-state index is 4.50. The molecule has 0 unspecified atom stereocenters. The third-order valence-corrected chi connectivity index (χ3v) is 3.42. The molecule has 1 aromatic heterocycles. The number of H-pyrrole nitrogens is 1. The van der Waals surface area contributed by atoms with Gasteiger partial charge < -0.3 is 5.32 Å². The van der Waals surface area contributed by atoms with Gasteiger partial charge in [0.05, 0.1) is 5.69 Å². The molecule has 15 heavy (non-hydrogen) atoms. The first kappa shape index (κ1) is 9.16. The Kier molecular flexibility index (Phi) is 2.33. The smallest absolute Gasteiger partial charge is 0.0912 e. The number of aromatic nitrogens is 2. The minimum absolute atomic E-state index is 0.997. The van der Waals surface area contributed by atoms with Gasteiger partial charge >= 0.3 is 0 Å². The van der Waals surface area contributed by atoms with Crippen LogP contribution >= 0.6 is 0 Å². The van der Waals surface area contributed by atoms with E-state index in [1.165, 1.54) is 48.2 Å². The highest BCUT2D eigenvalue weighted by Gasteiger charge is 2.19. The van der Waals surface area contributed by atoms with Gasteiger partial charge in [-0.2, -0.15) is 5.10 Å². The molecule has 3 heteroatoms. The van der Waals surface area contributed by atoms with Crippen LogP contribution < -0.4 is 5.32 Å². The SMILES string of the molecule is C1=C(c2n[nH]c3c2CCCC3)CCNC1. The van der Waals surface area contributed by atoms with Crippen LogP contribution in [0.25, 0.3) is 5.57 Å². The first-order valence-electron chi connectivity index (χ1n) is 5.91. The zero-order valence-corrected chi connectivity index (χ0v) is 8.97. The molecule has 0 saturated heterocycles. The van der Waals surface area contributed by atoms with Crippen LogP contribution in [0, 0.1) is 0 Å². The lowest BCUT2D eigenvalue weighted by Gasteiger charge is -2.15. The largest absolute Gasteiger partial charge is 0.313 e. The minimum Gasteiger partial charge on any atom is -0.313 e. The number of nitrogens with one attached hydrogen (secondary N) is 2. The van der Waals surface area contributed by atoms with Crippen LogP contribution in [0.3, 0.4) is 0 Å². The molecule has 2 aliphatic rings. The Bertz CT molecular complexity index is 390. The zero-order valence-electron chi connectivity index (χ0n) is 8.97. The molecule has 3 nitrogen and oxygen atoms in total. The van der Waals surface area contributed by atoms with E-state index in [1.54, 1.807) is 0 Å². The summed E-state index contributed by atoms with van der Waals surface area (Å²) in [6.07, 6.45) is 8.45. The van der Waals surface area contributed by atoms with Crippen LogP contribution in [-0.2, 0) is 12.8 Å². The van der Waals surface area contributed by atoms with Crippen molar-refractivity contribution in [2.24, 2.45) is 0 Å². The number of aryl methyl sites for hydroxylation is 1. The molecule has 0 fully saturated rings. The molecule has 3 rings (SSSR count). The van der Waals surface area contributed by atoms with Gasteiger partial charge in [-0.05, 0) is 44.2 Å². The van der Waals surface area contributed by atoms with Crippen molar-refractivity contribution in [3.05, 3.63) is 23.0 Å². The molecule has 1 aromatic rings. The highest BCUT2D eigenvalue weighted by atomic mass is 15.1. The monoisotopic (exact) mass is 203 g/mol. The van der Waals surface area contributed by atoms with Crippen LogP contribution in [0.4, 0.5) is 0 Å². The molecule has 0 amide bonds. The maximum Gasteiger partial charge on any atom is 0.0912 e. The number of hydrogen-bond acceptors (Lipinski definition) is 2. The van der Waals surface area contributed by atoms with E-state index in [-0.39, 0.29) is 0 Å². The zero-order chi connectivity index (χ0) is 10.1. The summed E-state index contributed by atoms with van der Waals surface area (Å²) in [4.78, 5) is 0. The fourth-order valence-corrected chi connectivity index (χ4v) is 2.58. The summed E-state index contributed by atoms with van der Waals surface area (Å²) >= 11 is 0. The molecule has 1 aliphatic heterocycles. The van der Waals surface area contributed by atoms with E-state index >= 15 is 0 Å². The van der Waals surface area contributed by atoms with Crippen LogP contribution in [0.2, 0.25) is 0 Å². The first-order chi connectivity index (χ1) is 7.45. The van der Waals surface area contributed by atoms with E-state index in [4.69, 9.17) is 0 Å². The molecule has 0 atom stereocenters. The van der Waals surface area contributed by atoms with Crippen molar-refractivity contribution in [3.8, 4) is 0 Å². The maximum atomic E-state index is 4.50. The first-order valence-corrected chi connectivity index (χ1v) is 5.91. The topological polar surface area (TPSA) is 40.7 Å². The van der Waals surface area contributed by atoms with Crippen molar-refractivity contribution >= 4 is 5.57 Å². The summed E-state index contributed by atoms with van der Waals surface area (Å²) in [6, 6.07) is 0. The van der Waals surface area contributed by atoms with E-state index in [1.807, 2.05) is 0 Å². The van der Waals surface area contributed by atoms with E-state index in [0.29, 0.717) is 0 Å². The Balaban J connectivity index is 1.97. The Morgan fingerprint density at radius 3 is 2.93 bits per heavy atom. The molecule has 0 saturated carbocycles. The van der Waals surface area contributed by atoms with E-state index in [9.17, 15) is 0 Å². The van der Waals surface area contributed by atoms with Crippen molar-refractivity contribution in [3.63, 3.8) is 0 Å². The molecular formula is C12H17N3. The summed E-state index contributed by atoms with van der Waals surface area (Å²) in [5, 5.41) is 11.1. The van der Waals surface area contributed by atoms with E-state index in [0.717, 1.165) is 19.5 Å². The normalized spacial score (nSPS) is 20.9. The molecule has 0 spiro atoms. The van der Waals surface area contributed by atoms with Crippen molar-refractivity contribution in [1.29, 1.82) is 0 Å². The number of aromatic amines is 1. The number of nitrogens with zero attached hydrogens (tertiary/aromatic N) is 1. The van der Waals surface area contributed by atoms with Gasteiger partial charge in [-0.1, -0.05) is 6.08 Å². The van der Waals surface area contributed by atoms with Crippen LogP contribution in [-0.4, -0.2) is 23.3 Å². The number of hydrogen-bond donors (Lipinski definition) is 2. The highest BCUT2D eigenvalue weighted by Crippen LogP contribution is 2.28. The van der Waals surface area contributed by atoms with E-state index < -0.39 is 0 Å². The second kappa shape index (κ2) is 3.81. The van der Waals surface area contributed by atoms with Crippen molar-refractivity contribution in [1.82, 2.24) is 15.5 Å². The Hall–Kier alpha value is -1.09. The summed E-state index contributed by atoms with van der Waals surface area (Å²) in [6.45, 7) is 2.09. The average molecular weight is 203 g/mol. The lowest BCUT2D eigenvalue weighted by molar-refractivity contribution is 0.673. The van der Waals surface area contributed by atoms with Crippen LogP contribution in [0.5, 0.6) is 0 Å². The summed E-state index contributed by atoms with van der Waals surface area (Å²) in [7, 11) is 0.